The number of rotatable bonds is 0. The van der Waals surface area contributed by atoms with Gasteiger partial charge in [-0.25, -0.2) is 0 Å². The molecule has 0 radical (unpaired) electrons. The van der Waals surface area contributed by atoms with E-state index in [1.54, 1.807) is 0 Å². The lowest BCUT2D eigenvalue weighted by atomic mass is 9.27. The van der Waals surface area contributed by atoms with E-state index < -0.39 is 0 Å². The Bertz CT molecular complexity index is 252. The summed E-state index contributed by atoms with van der Waals surface area (Å²) in [4.78, 5) is 13.6. The van der Waals surface area contributed by atoms with E-state index in [1.165, 1.54) is 0 Å². The zero-order chi connectivity index (χ0) is 6.20. The van der Waals surface area contributed by atoms with Crippen LogP contribution in [0, 0.1) is 29.6 Å². The second-order valence-corrected chi connectivity index (χ2v) is 4.56. The average molecular weight is 133 g/mol. The molecule has 1 amide bonds. The molecule has 50 valence electrons. The summed E-state index contributed by atoms with van der Waals surface area (Å²) in [6.45, 7) is 0. The van der Waals surface area contributed by atoms with Gasteiger partial charge in [0.25, 0.3) is 0 Å². The Labute approximate surface area is 58.2 Å². The summed E-state index contributed by atoms with van der Waals surface area (Å²) in [7, 11) is 0. The van der Waals surface area contributed by atoms with Crippen LogP contribution in [0.3, 0.4) is 0 Å². The fraction of sp³-hybridized carbons (Fsp3) is 0.875. The molecule has 0 aromatic heterocycles. The van der Waals surface area contributed by atoms with Gasteiger partial charge in [0.05, 0.1) is 0 Å². The van der Waals surface area contributed by atoms with Gasteiger partial charge < -0.3 is 4.90 Å². The average Bonchev–Trinajstić information content (AvgIpc) is 2.15. The molecule has 6 fully saturated rings. The van der Waals surface area contributed by atoms with Gasteiger partial charge >= 0.3 is 0 Å². The predicted molar refractivity (Wildman–Crippen MR) is 31.9 cm³/mol. The number of piperidine rings is 4. The second kappa shape index (κ2) is 0.675. The Morgan fingerprint density at radius 2 is 1.70 bits per heavy atom. The van der Waals surface area contributed by atoms with Crippen LogP contribution in [-0.2, 0) is 4.79 Å². The smallest absolute Gasteiger partial charge is 0.226 e. The number of hydrogen-bond donors (Lipinski definition) is 0. The minimum atomic E-state index is 0.523. The van der Waals surface area contributed by atoms with E-state index >= 15 is 0 Å². The SMILES string of the molecule is O=C1C2C3C4C2C2C4C3N12. The van der Waals surface area contributed by atoms with Crippen molar-refractivity contribution >= 4 is 5.91 Å². The van der Waals surface area contributed by atoms with E-state index in [4.69, 9.17) is 0 Å². The monoisotopic (exact) mass is 133 g/mol. The van der Waals surface area contributed by atoms with Crippen LogP contribution in [0.25, 0.3) is 0 Å². The Balaban J connectivity index is 1.95. The summed E-state index contributed by atoms with van der Waals surface area (Å²) in [6, 6.07) is 1.55. The van der Waals surface area contributed by atoms with Crippen LogP contribution in [0.1, 0.15) is 0 Å². The fourth-order valence-corrected chi connectivity index (χ4v) is 4.75. The topological polar surface area (TPSA) is 20.3 Å². The molecule has 3 heterocycles. The van der Waals surface area contributed by atoms with Crippen LogP contribution in [0.15, 0.2) is 0 Å². The summed E-state index contributed by atoms with van der Waals surface area (Å²) < 4.78 is 0. The lowest BCUT2D eigenvalue weighted by molar-refractivity contribution is -0.353. The maximum absolute atomic E-state index is 11.4. The Morgan fingerprint density at radius 3 is 2.10 bits per heavy atom. The molecule has 0 aromatic rings. The van der Waals surface area contributed by atoms with Crippen molar-refractivity contribution in [2.45, 2.75) is 12.1 Å². The molecule has 6 rings (SSSR count). The Kier molecular flexibility index (Phi) is 0.253. The number of nitrogens with zero attached hydrogens (tertiary/aromatic N) is 1. The minimum absolute atomic E-state index is 0.523. The normalized spacial score (nSPS) is 83.0. The number of amides is 1. The van der Waals surface area contributed by atoms with Crippen LogP contribution in [-0.4, -0.2) is 22.9 Å². The summed E-state index contributed by atoms with van der Waals surface area (Å²) in [5.41, 5.74) is 0. The number of carbonyl (C=O) groups is 1. The molecule has 2 nitrogen and oxygen atoms in total. The molecule has 3 aliphatic carbocycles. The molecule has 4 unspecified atom stereocenters. The highest BCUT2D eigenvalue weighted by Gasteiger charge is 2.93. The van der Waals surface area contributed by atoms with Crippen molar-refractivity contribution in [3.63, 3.8) is 0 Å². The molecular formula is C8H7NO. The summed E-state index contributed by atoms with van der Waals surface area (Å²) in [6.07, 6.45) is 0. The maximum Gasteiger partial charge on any atom is 0.226 e. The highest BCUT2D eigenvalue weighted by Crippen LogP contribution is 2.85. The lowest BCUT2D eigenvalue weighted by Gasteiger charge is -2.83. The van der Waals surface area contributed by atoms with Gasteiger partial charge in [-0.1, -0.05) is 0 Å². The van der Waals surface area contributed by atoms with E-state index in [9.17, 15) is 4.79 Å². The van der Waals surface area contributed by atoms with Gasteiger partial charge in [-0.2, -0.15) is 0 Å². The van der Waals surface area contributed by atoms with Gasteiger partial charge in [0.1, 0.15) is 0 Å². The molecule has 2 heteroatoms. The lowest BCUT2D eigenvalue weighted by Crippen LogP contribution is -2.90. The van der Waals surface area contributed by atoms with Gasteiger partial charge in [-0.05, 0) is 17.8 Å². The van der Waals surface area contributed by atoms with E-state index in [2.05, 4.69) is 4.90 Å². The molecule has 3 aliphatic heterocycles. The van der Waals surface area contributed by atoms with Crippen molar-refractivity contribution in [2.24, 2.45) is 29.6 Å². The molecule has 3 saturated heterocycles. The van der Waals surface area contributed by atoms with Crippen LogP contribution in [0.4, 0.5) is 0 Å². The molecule has 2 bridgehead atoms. The summed E-state index contributed by atoms with van der Waals surface area (Å²) in [5.74, 6) is 4.86. The molecule has 0 N–H and O–H groups in total. The van der Waals surface area contributed by atoms with Crippen LogP contribution in [0.2, 0.25) is 0 Å². The first-order valence-electron chi connectivity index (χ1n) is 4.23. The standard InChI is InChI=1S/C8H7NO/c10-8-4-2-1-3(4)7-5(1)6(2)9(7)8/h1-7H. The van der Waals surface area contributed by atoms with Crippen molar-refractivity contribution in [1.29, 1.82) is 0 Å². The minimum Gasteiger partial charge on any atom is -0.335 e. The first-order valence-corrected chi connectivity index (χ1v) is 4.23. The zero-order valence-electron chi connectivity index (χ0n) is 5.40. The van der Waals surface area contributed by atoms with Gasteiger partial charge in [0, 0.05) is 23.9 Å². The third-order valence-electron chi connectivity index (χ3n) is 4.92. The number of carbonyl (C=O) groups excluding carboxylic acids is 1. The van der Waals surface area contributed by atoms with E-state index in [1.807, 2.05) is 0 Å². The van der Waals surface area contributed by atoms with Crippen LogP contribution < -0.4 is 0 Å². The molecular weight excluding hydrogens is 126 g/mol. The maximum atomic E-state index is 11.4. The van der Waals surface area contributed by atoms with Gasteiger partial charge in [0.2, 0.25) is 5.91 Å². The fourth-order valence-electron chi connectivity index (χ4n) is 4.75. The van der Waals surface area contributed by atoms with E-state index in [-0.39, 0.29) is 0 Å². The molecule has 6 aliphatic rings. The highest BCUT2D eigenvalue weighted by atomic mass is 16.2. The van der Waals surface area contributed by atoms with Gasteiger partial charge in [-0.3, -0.25) is 4.79 Å². The third kappa shape index (κ3) is 0.118. The largest absolute Gasteiger partial charge is 0.335 e. The first kappa shape index (κ1) is 3.74. The molecule has 0 aromatic carbocycles. The summed E-state index contributed by atoms with van der Waals surface area (Å²) in [5, 5.41) is 0. The van der Waals surface area contributed by atoms with Crippen molar-refractivity contribution in [2.75, 3.05) is 0 Å². The molecule has 4 atom stereocenters. The second-order valence-electron chi connectivity index (χ2n) is 4.56. The van der Waals surface area contributed by atoms with Crippen LogP contribution >= 0.6 is 0 Å². The summed E-state index contributed by atoms with van der Waals surface area (Å²) >= 11 is 0. The van der Waals surface area contributed by atoms with Gasteiger partial charge in [0.15, 0.2) is 0 Å². The van der Waals surface area contributed by atoms with Crippen molar-refractivity contribution in [3.05, 3.63) is 0 Å². The molecule has 3 saturated carbocycles. The zero-order valence-corrected chi connectivity index (χ0v) is 5.40. The van der Waals surface area contributed by atoms with Crippen molar-refractivity contribution in [1.82, 2.24) is 4.90 Å². The quantitative estimate of drug-likeness (QED) is 0.444. The Hall–Kier alpha value is -0.530. The van der Waals surface area contributed by atoms with Crippen molar-refractivity contribution in [3.8, 4) is 0 Å². The molecule has 10 heavy (non-hydrogen) atoms. The van der Waals surface area contributed by atoms with E-state index in [0.717, 1.165) is 35.8 Å². The van der Waals surface area contributed by atoms with Crippen molar-refractivity contribution < 1.29 is 4.79 Å². The predicted octanol–water partition coefficient (Wildman–Crippen LogP) is -0.299. The first-order chi connectivity index (χ1) is 4.91. The highest BCUT2D eigenvalue weighted by molar-refractivity contribution is 5.92. The van der Waals surface area contributed by atoms with Crippen LogP contribution in [0.5, 0.6) is 0 Å². The Morgan fingerprint density at radius 1 is 1.00 bits per heavy atom. The molecule has 0 spiro atoms. The van der Waals surface area contributed by atoms with Gasteiger partial charge in [-0.15, -0.1) is 0 Å². The third-order valence-corrected chi connectivity index (χ3v) is 4.92. The number of hydrogen-bond acceptors (Lipinski definition) is 1. The van der Waals surface area contributed by atoms with E-state index in [0.29, 0.717) is 11.8 Å².